The Bertz CT molecular complexity index is 464. The molecule has 0 N–H and O–H groups in total. The second-order valence-electron chi connectivity index (χ2n) is 4.44. The van der Waals surface area contributed by atoms with Gasteiger partial charge in [0.25, 0.3) is 0 Å². The molecule has 1 heterocycles. The fourth-order valence-electron chi connectivity index (χ4n) is 2.09. The Balaban J connectivity index is 2.25. The third-order valence-electron chi connectivity index (χ3n) is 3.08. The maximum absolute atomic E-state index is 11.6. The summed E-state index contributed by atoms with van der Waals surface area (Å²) in [5.74, 6) is 0.629. The van der Waals surface area contributed by atoms with Crippen molar-refractivity contribution in [2.24, 2.45) is 0 Å². The molecule has 0 aliphatic carbocycles. The van der Waals surface area contributed by atoms with Crippen LogP contribution in [0.5, 0.6) is 5.75 Å². The van der Waals surface area contributed by atoms with Crippen molar-refractivity contribution in [2.45, 2.75) is 6.92 Å². The molecule has 1 aliphatic rings. The number of benzene rings is 1. The summed E-state index contributed by atoms with van der Waals surface area (Å²) in [5.41, 5.74) is 1.67. The number of carbonyl (C=O) groups is 1. The van der Waals surface area contributed by atoms with E-state index in [2.05, 4.69) is 11.5 Å². The number of hydrogen-bond acceptors (Lipinski definition) is 4. The Morgan fingerprint density at radius 1 is 1.47 bits per heavy atom. The van der Waals surface area contributed by atoms with Crippen molar-refractivity contribution in [1.29, 1.82) is 0 Å². The van der Waals surface area contributed by atoms with Gasteiger partial charge in [0.1, 0.15) is 12.4 Å². The lowest BCUT2D eigenvalue weighted by Crippen LogP contribution is -2.36. The first-order valence-corrected chi connectivity index (χ1v) is 6.43. The van der Waals surface area contributed by atoms with Crippen LogP contribution in [-0.2, 0) is 4.74 Å². The molecule has 4 heteroatoms. The van der Waals surface area contributed by atoms with E-state index in [0.717, 1.165) is 32.0 Å². The van der Waals surface area contributed by atoms with Gasteiger partial charge in [0.2, 0.25) is 0 Å². The van der Waals surface area contributed by atoms with E-state index in [1.807, 2.05) is 18.2 Å². The summed E-state index contributed by atoms with van der Waals surface area (Å²) in [6.45, 7) is 8.76. The quantitative estimate of drug-likeness (QED) is 0.602. The molecule has 2 rings (SSSR count). The second kappa shape index (κ2) is 6.38. The fourth-order valence-corrected chi connectivity index (χ4v) is 2.09. The molecule has 0 bridgehead atoms. The highest BCUT2D eigenvalue weighted by Gasteiger charge is 2.15. The first-order chi connectivity index (χ1) is 9.22. The topological polar surface area (TPSA) is 38.8 Å². The van der Waals surface area contributed by atoms with Crippen LogP contribution in [0.4, 0.5) is 5.69 Å². The molecule has 0 unspecified atom stereocenters. The van der Waals surface area contributed by atoms with Crippen molar-refractivity contribution >= 4 is 11.5 Å². The lowest BCUT2D eigenvalue weighted by Gasteiger charge is -2.29. The Kier molecular flexibility index (Phi) is 4.58. The van der Waals surface area contributed by atoms with E-state index in [1.165, 1.54) is 0 Å². The average molecular weight is 261 g/mol. The number of Topliss-reactive ketones (excluding diaryl/α,β-unsaturated/α-hetero) is 1. The minimum Gasteiger partial charge on any atom is -0.489 e. The Morgan fingerprint density at radius 2 is 2.21 bits per heavy atom. The van der Waals surface area contributed by atoms with Gasteiger partial charge >= 0.3 is 0 Å². The van der Waals surface area contributed by atoms with Crippen molar-refractivity contribution in [1.82, 2.24) is 0 Å². The van der Waals surface area contributed by atoms with Crippen LogP contribution in [0, 0.1) is 0 Å². The molecule has 19 heavy (non-hydrogen) atoms. The Labute approximate surface area is 113 Å². The summed E-state index contributed by atoms with van der Waals surface area (Å²) >= 11 is 0. The standard InChI is InChI=1S/C15H19NO3/c1-3-8-19-15-11-13(4-5-14(15)12(2)17)16-6-9-18-10-7-16/h3-5,11H,1,6-10H2,2H3. The van der Waals surface area contributed by atoms with Crippen LogP contribution >= 0.6 is 0 Å². The lowest BCUT2D eigenvalue weighted by molar-refractivity contribution is 0.101. The number of nitrogens with zero attached hydrogens (tertiary/aromatic N) is 1. The highest BCUT2D eigenvalue weighted by atomic mass is 16.5. The highest BCUT2D eigenvalue weighted by Crippen LogP contribution is 2.27. The van der Waals surface area contributed by atoms with Gasteiger partial charge in [-0.3, -0.25) is 4.79 Å². The highest BCUT2D eigenvalue weighted by molar-refractivity contribution is 5.97. The van der Waals surface area contributed by atoms with E-state index < -0.39 is 0 Å². The van der Waals surface area contributed by atoms with Crippen molar-refractivity contribution in [3.05, 3.63) is 36.4 Å². The van der Waals surface area contributed by atoms with Gasteiger partial charge in [0.15, 0.2) is 5.78 Å². The van der Waals surface area contributed by atoms with Gasteiger partial charge in [-0.05, 0) is 19.1 Å². The van der Waals surface area contributed by atoms with Gasteiger partial charge in [0.05, 0.1) is 18.8 Å². The molecular weight excluding hydrogens is 242 g/mol. The van der Waals surface area contributed by atoms with E-state index in [0.29, 0.717) is 17.9 Å². The molecule has 0 radical (unpaired) electrons. The maximum Gasteiger partial charge on any atom is 0.163 e. The zero-order chi connectivity index (χ0) is 13.7. The van der Waals surface area contributed by atoms with Crippen LogP contribution in [0.3, 0.4) is 0 Å². The summed E-state index contributed by atoms with van der Waals surface area (Å²) < 4.78 is 10.9. The monoisotopic (exact) mass is 261 g/mol. The van der Waals surface area contributed by atoms with Gasteiger partial charge in [-0.15, -0.1) is 0 Å². The summed E-state index contributed by atoms with van der Waals surface area (Å²) in [6, 6.07) is 5.71. The molecule has 1 aromatic carbocycles. The van der Waals surface area contributed by atoms with E-state index in [9.17, 15) is 4.79 Å². The second-order valence-corrected chi connectivity index (χ2v) is 4.44. The van der Waals surface area contributed by atoms with Crippen LogP contribution in [0.2, 0.25) is 0 Å². The molecule has 0 amide bonds. The molecule has 1 aromatic rings. The summed E-state index contributed by atoms with van der Waals surface area (Å²) in [4.78, 5) is 13.8. The summed E-state index contributed by atoms with van der Waals surface area (Å²) in [7, 11) is 0. The van der Waals surface area contributed by atoms with Gasteiger partial charge in [-0.2, -0.15) is 0 Å². The minimum absolute atomic E-state index is 0.00703. The summed E-state index contributed by atoms with van der Waals surface area (Å²) in [5, 5.41) is 0. The van der Waals surface area contributed by atoms with Crippen LogP contribution in [-0.4, -0.2) is 38.7 Å². The third kappa shape index (κ3) is 3.35. The van der Waals surface area contributed by atoms with Crippen molar-refractivity contribution < 1.29 is 14.3 Å². The smallest absolute Gasteiger partial charge is 0.163 e. The number of ether oxygens (including phenoxy) is 2. The number of carbonyl (C=O) groups excluding carboxylic acids is 1. The van der Waals surface area contributed by atoms with Crippen LogP contribution in [0.1, 0.15) is 17.3 Å². The maximum atomic E-state index is 11.6. The zero-order valence-electron chi connectivity index (χ0n) is 11.2. The molecule has 1 saturated heterocycles. The van der Waals surface area contributed by atoms with Crippen LogP contribution < -0.4 is 9.64 Å². The third-order valence-corrected chi connectivity index (χ3v) is 3.08. The molecule has 0 spiro atoms. The first kappa shape index (κ1) is 13.6. The molecule has 1 aliphatic heterocycles. The number of rotatable bonds is 5. The van der Waals surface area contributed by atoms with Crippen molar-refractivity contribution in [3.8, 4) is 5.75 Å². The summed E-state index contributed by atoms with van der Waals surface area (Å²) in [6.07, 6.45) is 1.67. The van der Waals surface area contributed by atoms with Gasteiger partial charge in [-0.25, -0.2) is 0 Å². The molecule has 102 valence electrons. The SMILES string of the molecule is C=CCOc1cc(N2CCOCC2)ccc1C(C)=O. The number of morpholine rings is 1. The molecule has 4 nitrogen and oxygen atoms in total. The van der Waals surface area contributed by atoms with Crippen LogP contribution in [0.15, 0.2) is 30.9 Å². The normalized spacial score (nSPS) is 15.1. The van der Waals surface area contributed by atoms with E-state index >= 15 is 0 Å². The predicted octanol–water partition coefficient (Wildman–Crippen LogP) is 2.29. The Hall–Kier alpha value is -1.81. The molecule has 0 atom stereocenters. The molecule has 0 saturated carbocycles. The average Bonchev–Trinajstić information content (AvgIpc) is 2.45. The Morgan fingerprint density at radius 3 is 2.84 bits per heavy atom. The van der Waals surface area contributed by atoms with E-state index in [-0.39, 0.29) is 5.78 Å². The van der Waals surface area contributed by atoms with Gasteiger partial charge < -0.3 is 14.4 Å². The van der Waals surface area contributed by atoms with E-state index in [4.69, 9.17) is 9.47 Å². The van der Waals surface area contributed by atoms with Crippen molar-refractivity contribution in [2.75, 3.05) is 37.8 Å². The first-order valence-electron chi connectivity index (χ1n) is 6.43. The number of hydrogen-bond donors (Lipinski definition) is 0. The number of anilines is 1. The zero-order valence-corrected chi connectivity index (χ0v) is 11.2. The van der Waals surface area contributed by atoms with Crippen molar-refractivity contribution in [3.63, 3.8) is 0 Å². The molecule has 0 aromatic heterocycles. The predicted molar refractivity (Wildman–Crippen MR) is 75.2 cm³/mol. The van der Waals surface area contributed by atoms with Gasteiger partial charge in [-0.1, -0.05) is 12.7 Å². The molecular formula is C15H19NO3. The molecule has 1 fully saturated rings. The lowest BCUT2D eigenvalue weighted by atomic mass is 10.1. The fraction of sp³-hybridized carbons (Fsp3) is 0.400. The van der Waals surface area contributed by atoms with Crippen LogP contribution in [0.25, 0.3) is 0 Å². The number of ketones is 1. The largest absolute Gasteiger partial charge is 0.489 e. The van der Waals surface area contributed by atoms with Gasteiger partial charge in [0, 0.05) is 24.8 Å². The minimum atomic E-state index is 0.00703. The van der Waals surface area contributed by atoms with E-state index in [1.54, 1.807) is 13.0 Å².